The summed E-state index contributed by atoms with van der Waals surface area (Å²) in [5.41, 5.74) is 0.256. The number of hydrogen-bond donors (Lipinski definition) is 2. The number of nitrogens with one attached hydrogen (secondary N) is 2. The number of aromatic nitrogens is 1. The summed E-state index contributed by atoms with van der Waals surface area (Å²) in [5, 5.41) is 2.72. The molecule has 2 amide bonds. The van der Waals surface area contributed by atoms with Crippen molar-refractivity contribution in [3.8, 4) is 11.5 Å². The molecule has 12 heteroatoms. The van der Waals surface area contributed by atoms with Crippen LogP contribution in [0.15, 0.2) is 73.1 Å². The van der Waals surface area contributed by atoms with Crippen molar-refractivity contribution in [1.29, 1.82) is 0 Å². The van der Waals surface area contributed by atoms with E-state index in [1.54, 1.807) is 31.4 Å². The first-order valence-electron chi connectivity index (χ1n) is 11.3. The fraction of sp³-hybridized carbons (Fsp3) is 0.280. The number of halogens is 2. The molecular weight excluding hydrogens is 506 g/mol. The number of benzene rings is 2. The summed E-state index contributed by atoms with van der Waals surface area (Å²) in [6.07, 6.45) is 3.41. The number of hydrogen-bond acceptors (Lipinski definition) is 6. The van der Waals surface area contributed by atoms with Gasteiger partial charge in [0, 0.05) is 18.9 Å². The Morgan fingerprint density at radius 3 is 2.41 bits per heavy atom. The Bertz CT molecular complexity index is 1310. The topological polar surface area (TPSA) is 110 Å². The fourth-order valence-corrected chi connectivity index (χ4v) is 5.71. The maximum atomic E-state index is 13.3. The molecule has 1 aliphatic rings. The average molecular weight is 533 g/mol. The van der Waals surface area contributed by atoms with E-state index in [0.717, 1.165) is 5.56 Å². The highest BCUT2D eigenvalue weighted by Crippen LogP contribution is 2.33. The molecule has 1 atom stereocenters. The van der Waals surface area contributed by atoms with Crippen LogP contribution in [-0.4, -0.2) is 51.1 Å². The number of urea groups is 1. The normalized spacial score (nSPS) is 17.6. The molecule has 0 aliphatic carbocycles. The molecule has 3 aromatic rings. The molecule has 1 fully saturated rings. The second kappa shape index (κ2) is 11.1. The maximum Gasteiger partial charge on any atom is 0.387 e. The van der Waals surface area contributed by atoms with Crippen LogP contribution in [0.5, 0.6) is 11.5 Å². The quantitative estimate of drug-likeness (QED) is 0.393. The first-order valence-corrected chi connectivity index (χ1v) is 13.0. The summed E-state index contributed by atoms with van der Waals surface area (Å²) >= 11 is 0. The van der Waals surface area contributed by atoms with Crippen LogP contribution in [0.3, 0.4) is 0 Å². The van der Waals surface area contributed by atoms with Gasteiger partial charge in [0.15, 0.2) is 5.66 Å². The van der Waals surface area contributed by atoms with E-state index in [1.165, 1.54) is 41.6 Å². The summed E-state index contributed by atoms with van der Waals surface area (Å²) < 4.78 is 64.2. The van der Waals surface area contributed by atoms with Crippen LogP contribution in [0.25, 0.3) is 0 Å². The molecule has 196 valence electrons. The highest BCUT2D eigenvalue weighted by Gasteiger charge is 2.49. The molecule has 1 aliphatic heterocycles. The molecule has 0 bridgehead atoms. The Morgan fingerprint density at radius 2 is 1.78 bits per heavy atom. The molecule has 37 heavy (non-hydrogen) atoms. The highest BCUT2D eigenvalue weighted by molar-refractivity contribution is 7.88. The van der Waals surface area contributed by atoms with Gasteiger partial charge in [-0.15, -0.1) is 0 Å². The van der Waals surface area contributed by atoms with Gasteiger partial charge in [-0.05, 0) is 53.4 Å². The van der Waals surface area contributed by atoms with Gasteiger partial charge in [-0.25, -0.2) is 13.2 Å². The highest BCUT2D eigenvalue weighted by atomic mass is 32.2. The van der Waals surface area contributed by atoms with E-state index >= 15 is 0 Å². The van der Waals surface area contributed by atoms with Crippen molar-refractivity contribution in [2.24, 2.45) is 0 Å². The lowest BCUT2D eigenvalue weighted by Gasteiger charge is -2.38. The van der Waals surface area contributed by atoms with Crippen LogP contribution in [0.4, 0.5) is 13.6 Å². The van der Waals surface area contributed by atoms with E-state index in [0.29, 0.717) is 23.3 Å². The average Bonchev–Trinajstić information content (AvgIpc) is 3.18. The Morgan fingerprint density at radius 1 is 1.08 bits per heavy atom. The molecule has 2 aromatic carbocycles. The second-order valence-electron chi connectivity index (χ2n) is 8.39. The Labute approximate surface area is 213 Å². The summed E-state index contributed by atoms with van der Waals surface area (Å²) in [4.78, 5) is 18.3. The van der Waals surface area contributed by atoms with Gasteiger partial charge in [-0.3, -0.25) is 9.88 Å². The van der Waals surface area contributed by atoms with Crippen LogP contribution in [-0.2, 0) is 27.9 Å². The first kappa shape index (κ1) is 26.3. The van der Waals surface area contributed by atoms with Crippen molar-refractivity contribution in [2.75, 3.05) is 20.2 Å². The van der Waals surface area contributed by atoms with Gasteiger partial charge in [0.05, 0.1) is 19.4 Å². The SMILES string of the molecule is COc1ccc(CCN2C(=O)NCC2(NS(=O)(=O)Cc2cccnc2)c2ccc(OC(F)F)cc2)cc1. The lowest BCUT2D eigenvalue weighted by Crippen LogP contribution is -2.57. The van der Waals surface area contributed by atoms with Gasteiger partial charge in [0.25, 0.3) is 0 Å². The molecular formula is C25H26F2N4O5S. The minimum absolute atomic E-state index is 0.0736. The van der Waals surface area contributed by atoms with E-state index in [4.69, 9.17) is 4.74 Å². The zero-order chi connectivity index (χ0) is 26.5. The first-order chi connectivity index (χ1) is 17.7. The number of amides is 2. The van der Waals surface area contributed by atoms with Gasteiger partial charge in [-0.1, -0.05) is 30.3 Å². The number of carbonyl (C=O) groups is 1. The smallest absolute Gasteiger partial charge is 0.387 e. The van der Waals surface area contributed by atoms with Gasteiger partial charge < -0.3 is 14.8 Å². The zero-order valence-electron chi connectivity index (χ0n) is 19.9. The van der Waals surface area contributed by atoms with Crippen LogP contribution < -0.4 is 19.5 Å². The van der Waals surface area contributed by atoms with Crippen molar-refractivity contribution in [3.05, 3.63) is 89.7 Å². The summed E-state index contributed by atoms with van der Waals surface area (Å²) in [6.45, 7) is -2.91. The number of rotatable bonds is 11. The zero-order valence-corrected chi connectivity index (χ0v) is 20.8. The molecule has 1 aromatic heterocycles. The summed E-state index contributed by atoms with van der Waals surface area (Å²) in [7, 11) is -2.43. The van der Waals surface area contributed by atoms with E-state index in [1.807, 2.05) is 12.1 Å². The van der Waals surface area contributed by atoms with E-state index in [2.05, 4.69) is 19.8 Å². The third kappa shape index (κ3) is 6.33. The van der Waals surface area contributed by atoms with Crippen LogP contribution in [0, 0.1) is 0 Å². The van der Waals surface area contributed by atoms with E-state index in [9.17, 15) is 22.0 Å². The molecule has 4 rings (SSSR count). The standard InChI is InChI=1S/C25H26F2N4O5S/c1-35-21-8-4-18(5-9-21)12-14-31-24(32)29-17-25(31,20-6-10-22(11-7-20)36-23(26)27)30-37(33,34)16-19-3-2-13-28-15-19/h2-11,13,15,23,30H,12,14,16-17H2,1H3,(H,29,32). The van der Waals surface area contributed by atoms with Crippen molar-refractivity contribution in [3.63, 3.8) is 0 Å². The minimum Gasteiger partial charge on any atom is -0.497 e. The largest absolute Gasteiger partial charge is 0.497 e. The van der Waals surface area contributed by atoms with Crippen molar-refractivity contribution < 1.29 is 31.5 Å². The van der Waals surface area contributed by atoms with Gasteiger partial charge in [0.2, 0.25) is 10.0 Å². The fourth-order valence-electron chi connectivity index (χ4n) is 4.21. The molecule has 0 radical (unpaired) electrons. The van der Waals surface area contributed by atoms with Crippen LogP contribution in [0.1, 0.15) is 16.7 Å². The Balaban J connectivity index is 1.66. The lowest BCUT2D eigenvalue weighted by molar-refractivity contribution is -0.0498. The molecule has 1 saturated heterocycles. The van der Waals surface area contributed by atoms with Gasteiger partial charge in [0.1, 0.15) is 11.5 Å². The number of carbonyl (C=O) groups excluding carboxylic acids is 1. The van der Waals surface area contributed by atoms with Gasteiger partial charge >= 0.3 is 12.6 Å². The predicted octanol–water partition coefficient (Wildman–Crippen LogP) is 3.23. The molecule has 2 heterocycles. The molecule has 0 spiro atoms. The molecule has 9 nitrogen and oxygen atoms in total. The van der Waals surface area contributed by atoms with E-state index < -0.39 is 28.3 Å². The number of methoxy groups -OCH3 is 1. The minimum atomic E-state index is -3.99. The Hall–Kier alpha value is -3.77. The number of pyridine rings is 1. The number of sulfonamides is 1. The molecule has 2 N–H and O–H groups in total. The molecule has 0 saturated carbocycles. The van der Waals surface area contributed by atoms with E-state index in [-0.39, 0.29) is 24.6 Å². The third-order valence-electron chi connectivity index (χ3n) is 5.95. The molecule has 1 unspecified atom stereocenters. The van der Waals surface area contributed by atoms with Gasteiger partial charge in [-0.2, -0.15) is 13.5 Å². The van der Waals surface area contributed by atoms with Crippen molar-refractivity contribution in [2.45, 2.75) is 24.4 Å². The number of alkyl halides is 2. The second-order valence-corrected chi connectivity index (χ2v) is 10.1. The number of ether oxygens (including phenoxy) is 2. The monoisotopic (exact) mass is 532 g/mol. The summed E-state index contributed by atoms with van der Waals surface area (Å²) in [6, 6.07) is 15.7. The Kier molecular flexibility index (Phi) is 7.89. The van der Waals surface area contributed by atoms with Crippen molar-refractivity contribution >= 4 is 16.1 Å². The summed E-state index contributed by atoms with van der Waals surface area (Å²) in [5.74, 6) is 0.232. The third-order valence-corrected chi connectivity index (χ3v) is 7.31. The van der Waals surface area contributed by atoms with Crippen LogP contribution in [0.2, 0.25) is 0 Å². The van der Waals surface area contributed by atoms with Crippen molar-refractivity contribution in [1.82, 2.24) is 19.9 Å². The van der Waals surface area contributed by atoms with Crippen LogP contribution >= 0.6 is 0 Å². The lowest BCUT2D eigenvalue weighted by atomic mass is 9.99. The number of nitrogens with zero attached hydrogens (tertiary/aromatic N) is 2. The maximum absolute atomic E-state index is 13.3. The predicted molar refractivity (Wildman–Crippen MR) is 132 cm³/mol.